The first kappa shape index (κ1) is 11.7. The predicted molar refractivity (Wildman–Crippen MR) is 71.4 cm³/mol. The number of hydrogen-bond donors (Lipinski definition) is 2. The molecule has 2 fully saturated rings. The number of fused-ring (bicyclic) bond motifs is 1. The van der Waals surface area contributed by atoms with Gasteiger partial charge in [-0.15, -0.1) is 0 Å². The summed E-state index contributed by atoms with van der Waals surface area (Å²) < 4.78 is 0. The Labute approximate surface area is 108 Å². The van der Waals surface area contributed by atoms with E-state index in [9.17, 15) is 4.79 Å². The van der Waals surface area contributed by atoms with Gasteiger partial charge in [-0.1, -0.05) is 18.2 Å². The Balaban J connectivity index is 1.58. The van der Waals surface area contributed by atoms with Gasteiger partial charge in [0.2, 0.25) is 0 Å². The summed E-state index contributed by atoms with van der Waals surface area (Å²) in [6, 6.07) is 9.86. The number of carbonyl (C=O) groups is 1. The SMILES string of the molecule is O=C(NC1CC[C@H]2CNC[C@H]2C1)c1ccccc1. The largest absolute Gasteiger partial charge is 0.349 e. The number of amides is 1. The van der Waals surface area contributed by atoms with Crippen LogP contribution >= 0.6 is 0 Å². The summed E-state index contributed by atoms with van der Waals surface area (Å²) in [5.74, 6) is 1.68. The van der Waals surface area contributed by atoms with E-state index in [1.165, 1.54) is 13.0 Å². The van der Waals surface area contributed by atoms with Crippen molar-refractivity contribution in [3.05, 3.63) is 35.9 Å². The highest BCUT2D eigenvalue weighted by atomic mass is 16.1. The molecule has 3 nitrogen and oxygen atoms in total. The van der Waals surface area contributed by atoms with Crippen molar-refractivity contribution < 1.29 is 4.79 Å². The smallest absolute Gasteiger partial charge is 0.251 e. The molecule has 1 aromatic rings. The highest BCUT2D eigenvalue weighted by Crippen LogP contribution is 2.32. The van der Waals surface area contributed by atoms with Crippen molar-refractivity contribution in [3.8, 4) is 0 Å². The van der Waals surface area contributed by atoms with E-state index in [0.29, 0.717) is 6.04 Å². The topological polar surface area (TPSA) is 41.1 Å². The molecule has 2 aliphatic rings. The van der Waals surface area contributed by atoms with Gasteiger partial charge in [0.05, 0.1) is 0 Å². The average Bonchev–Trinajstić information content (AvgIpc) is 2.87. The van der Waals surface area contributed by atoms with Crippen LogP contribution in [0.5, 0.6) is 0 Å². The van der Waals surface area contributed by atoms with Crippen molar-refractivity contribution in [1.29, 1.82) is 0 Å². The van der Waals surface area contributed by atoms with Gasteiger partial charge in [0.1, 0.15) is 0 Å². The molecule has 0 radical (unpaired) electrons. The van der Waals surface area contributed by atoms with E-state index < -0.39 is 0 Å². The fourth-order valence-electron chi connectivity index (χ4n) is 3.29. The van der Waals surface area contributed by atoms with Gasteiger partial charge in [-0.2, -0.15) is 0 Å². The highest BCUT2D eigenvalue weighted by Gasteiger charge is 2.34. The first-order chi connectivity index (χ1) is 8.83. The lowest BCUT2D eigenvalue weighted by molar-refractivity contribution is 0.0913. The normalized spacial score (nSPS) is 30.8. The number of rotatable bonds is 2. The van der Waals surface area contributed by atoms with Crippen LogP contribution in [0.1, 0.15) is 29.6 Å². The minimum Gasteiger partial charge on any atom is -0.349 e. The zero-order valence-corrected chi connectivity index (χ0v) is 10.6. The molecule has 1 saturated heterocycles. The predicted octanol–water partition coefficient (Wildman–Crippen LogP) is 1.80. The quantitative estimate of drug-likeness (QED) is 0.833. The van der Waals surface area contributed by atoms with Crippen molar-refractivity contribution in [2.45, 2.75) is 25.3 Å². The number of benzene rings is 1. The minimum atomic E-state index is 0.0741. The van der Waals surface area contributed by atoms with Crippen LogP contribution in [0.4, 0.5) is 0 Å². The van der Waals surface area contributed by atoms with E-state index in [2.05, 4.69) is 10.6 Å². The van der Waals surface area contributed by atoms with Crippen molar-refractivity contribution in [1.82, 2.24) is 10.6 Å². The van der Waals surface area contributed by atoms with Crippen LogP contribution in [-0.2, 0) is 0 Å². The molecule has 1 aromatic carbocycles. The molecular weight excluding hydrogens is 224 g/mol. The zero-order chi connectivity index (χ0) is 12.4. The van der Waals surface area contributed by atoms with E-state index in [1.54, 1.807) is 0 Å². The van der Waals surface area contributed by atoms with Gasteiger partial charge in [-0.25, -0.2) is 0 Å². The standard InChI is InChI=1S/C15H20N2O/c18-15(11-4-2-1-3-5-11)17-14-7-6-12-9-16-10-13(12)8-14/h1-5,12-14,16H,6-10H2,(H,17,18)/t12-,13+,14?/m0/s1. The van der Waals surface area contributed by atoms with Crippen molar-refractivity contribution in [2.24, 2.45) is 11.8 Å². The van der Waals surface area contributed by atoms with E-state index in [0.717, 1.165) is 36.8 Å². The Morgan fingerprint density at radius 2 is 1.89 bits per heavy atom. The van der Waals surface area contributed by atoms with Crippen LogP contribution in [-0.4, -0.2) is 25.0 Å². The van der Waals surface area contributed by atoms with Gasteiger partial charge in [0, 0.05) is 11.6 Å². The fraction of sp³-hybridized carbons (Fsp3) is 0.533. The van der Waals surface area contributed by atoms with Gasteiger partial charge in [-0.05, 0) is 56.3 Å². The molecule has 3 atom stereocenters. The minimum absolute atomic E-state index is 0.0741. The summed E-state index contributed by atoms with van der Waals surface area (Å²) >= 11 is 0. The molecule has 2 N–H and O–H groups in total. The lowest BCUT2D eigenvalue weighted by Gasteiger charge is -2.31. The van der Waals surface area contributed by atoms with Crippen LogP contribution in [0.25, 0.3) is 0 Å². The first-order valence-electron chi connectivity index (χ1n) is 6.89. The molecule has 1 aliphatic carbocycles. The summed E-state index contributed by atoms with van der Waals surface area (Å²) in [6.45, 7) is 2.30. The van der Waals surface area contributed by atoms with E-state index >= 15 is 0 Å². The van der Waals surface area contributed by atoms with Crippen molar-refractivity contribution in [3.63, 3.8) is 0 Å². The van der Waals surface area contributed by atoms with Gasteiger partial charge in [-0.3, -0.25) is 4.79 Å². The summed E-state index contributed by atoms with van der Waals surface area (Å²) in [5, 5.41) is 6.64. The maximum absolute atomic E-state index is 12.1. The van der Waals surface area contributed by atoms with Crippen LogP contribution in [0.2, 0.25) is 0 Å². The van der Waals surface area contributed by atoms with Gasteiger partial charge in [0.25, 0.3) is 5.91 Å². The molecule has 1 unspecified atom stereocenters. The number of nitrogens with one attached hydrogen (secondary N) is 2. The highest BCUT2D eigenvalue weighted by molar-refractivity contribution is 5.94. The molecule has 1 aliphatic heterocycles. The van der Waals surface area contributed by atoms with E-state index in [-0.39, 0.29) is 5.91 Å². The van der Waals surface area contributed by atoms with Crippen LogP contribution in [0.3, 0.4) is 0 Å². The molecular formula is C15H20N2O. The lowest BCUT2D eigenvalue weighted by Crippen LogP contribution is -2.40. The van der Waals surface area contributed by atoms with Gasteiger partial charge < -0.3 is 10.6 Å². The number of hydrogen-bond acceptors (Lipinski definition) is 2. The Morgan fingerprint density at radius 1 is 1.11 bits per heavy atom. The maximum atomic E-state index is 12.1. The maximum Gasteiger partial charge on any atom is 0.251 e. The van der Waals surface area contributed by atoms with Crippen LogP contribution in [0.15, 0.2) is 30.3 Å². The molecule has 0 bridgehead atoms. The lowest BCUT2D eigenvalue weighted by atomic mass is 9.79. The van der Waals surface area contributed by atoms with Crippen LogP contribution < -0.4 is 10.6 Å². The first-order valence-corrected chi connectivity index (χ1v) is 6.89. The summed E-state index contributed by atoms with van der Waals surface area (Å²) in [4.78, 5) is 12.1. The van der Waals surface area contributed by atoms with Crippen LogP contribution in [0, 0.1) is 11.8 Å². The summed E-state index contributed by atoms with van der Waals surface area (Å²) in [5.41, 5.74) is 0.768. The third-order valence-electron chi connectivity index (χ3n) is 4.32. The molecule has 96 valence electrons. The van der Waals surface area contributed by atoms with Gasteiger partial charge in [0.15, 0.2) is 0 Å². The molecule has 3 heteroatoms. The summed E-state index contributed by atoms with van der Waals surface area (Å²) in [6.07, 6.45) is 3.51. The Morgan fingerprint density at radius 3 is 2.72 bits per heavy atom. The van der Waals surface area contributed by atoms with Gasteiger partial charge >= 0.3 is 0 Å². The Bertz CT molecular complexity index is 418. The average molecular weight is 244 g/mol. The van der Waals surface area contributed by atoms with Crippen molar-refractivity contribution >= 4 is 5.91 Å². The molecule has 1 amide bonds. The third kappa shape index (κ3) is 2.41. The fourth-order valence-corrected chi connectivity index (χ4v) is 3.29. The van der Waals surface area contributed by atoms with Crippen molar-refractivity contribution in [2.75, 3.05) is 13.1 Å². The molecule has 0 aromatic heterocycles. The van der Waals surface area contributed by atoms with E-state index in [1.807, 2.05) is 30.3 Å². The Kier molecular flexibility index (Phi) is 3.33. The monoisotopic (exact) mass is 244 g/mol. The zero-order valence-electron chi connectivity index (χ0n) is 10.6. The molecule has 0 spiro atoms. The molecule has 18 heavy (non-hydrogen) atoms. The number of carbonyl (C=O) groups excluding carboxylic acids is 1. The van der Waals surface area contributed by atoms with E-state index in [4.69, 9.17) is 0 Å². The second-order valence-electron chi connectivity index (χ2n) is 5.53. The summed E-state index contributed by atoms with van der Waals surface area (Å²) in [7, 11) is 0. The molecule has 1 saturated carbocycles. The second kappa shape index (κ2) is 5.11. The Hall–Kier alpha value is -1.35. The molecule has 3 rings (SSSR count). The molecule has 1 heterocycles. The second-order valence-corrected chi connectivity index (χ2v) is 5.53. The third-order valence-corrected chi connectivity index (χ3v) is 4.32.